The maximum atomic E-state index is 12.7. The average Bonchev–Trinajstić information content (AvgIpc) is 3.09. The van der Waals surface area contributed by atoms with E-state index in [-0.39, 0.29) is 18.1 Å². The molecule has 29 heavy (non-hydrogen) atoms. The third kappa shape index (κ3) is 5.10. The highest BCUT2D eigenvalue weighted by Crippen LogP contribution is 2.33. The highest BCUT2D eigenvalue weighted by Gasteiger charge is 2.33. The normalized spacial score (nSPS) is 20.6. The Bertz CT molecular complexity index is 853. The van der Waals surface area contributed by atoms with Crippen LogP contribution in [0.3, 0.4) is 0 Å². The van der Waals surface area contributed by atoms with Crippen LogP contribution in [0.15, 0.2) is 30.5 Å². The van der Waals surface area contributed by atoms with E-state index in [1.165, 1.54) is 12.1 Å². The number of halogens is 3. The molecule has 2 heterocycles. The minimum Gasteiger partial charge on any atom is -0.444 e. The van der Waals surface area contributed by atoms with Crippen LogP contribution < -0.4 is 0 Å². The van der Waals surface area contributed by atoms with Gasteiger partial charge in [-0.2, -0.15) is 13.2 Å². The molecule has 0 bridgehead atoms. The SMILES string of the molecule is C[C@@H]1C[C@H](c2ncc(-c3ccc(C(F)(F)F)cc3)[nH]2)CCN1C(=O)OC(C)(C)C. The van der Waals surface area contributed by atoms with Gasteiger partial charge in [-0.15, -0.1) is 0 Å². The van der Waals surface area contributed by atoms with Crippen molar-refractivity contribution < 1.29 is 22.7 Å². The zero-order chi connectivity index (χ0) is 21.4. The minimum absolute atomic E-state index is 0.00298. The van der Waals surface area contributed by atoms with E-state index in [1.54, 1.807) is 11.1 Å². The summed E-state index contributed by atoms with van der Waals surface area (Å²) in [6, 6.07) is 5.01. The number of H-pyrrole nitrogens is 1. The number of aromatic nitrogens is 2. The smallest absolute Gasteiger partial charge is 0.416 e. The van der Waals surface area contributed by atoms with Crippen LogP contribution in [0.2, 0.25) is 0 Å². The number of piperidine rings is 1. The van der Waals surface area contributed by atoms with E-state index < -0.39 is 17.3 Å². The lowest BCUT2D eigenvalue weighted by Crippen LogP contribution is -2.46. The Labute approximate surface area is 168 Å². The van der Waals surface area contributed by atoms with E-state index in [0.717, 1.165) is 30.8 Å². The lowest BCUT2D eigenvalue weighted by Gasteiger charge is -2.37. The molecule has 5 nitrogen and oxygen atoms in total. The molecule has 1 saturated heterocycles. The molecular formula is C21H26F3N3O2. The Morgan fingerprint density at radius 2 is 1.86 bits per heavy atom. The molecule has 158 valence electrons. The monoisotopic (exact) mass is 409 g/mol. The summed E-state index contributed by atoms with van der Waals surface area (Å²) >= 11 is 0. The van der Waals surface area contributed by atoms with Crippen LogP contribution in [-0.2, 0) is 10.9 Å². The Morgan fingerprint density at radius 3 is 2.41 bits per heavy atom. The number of likely N-dealkylation sites (tertiary alicyclic amines) is 1. The van der Waals surface area contributed by atoms with E-state index in [2.05, 4.69) is 9.97 Å². The van der Waals surface area contributed by atoms with Crippen molar-refractivity contribution in [1.82, 2.24) is 14.9 Å². The first-order chi connectivity index (χ1) is 13.4. The van der Waals surface area contributed by atoms with Gasteiger partial charge in [-0.25, -0.2) is 9.78 Å². The topological polar surface area (TPSA) is 58.2 Å². The fourth-order valence-electron chi connectivity index (χ4n) is 3.54. The number of hydrogen-bond acceptors (Lipinski definition) is 3. The van der Waals surface area contributed by atoms with E-state index >= 15 is 0 Å². The first-order valence-corrected chi connectivity index (χ1v) is 9.66. The Balaban J connectivity index is 1.66. The minimum atomic E-state index is -4.35. The van der Waals surface area contributed by atoms with Crippen LogP contribution in [0.1, 0.15) is 57.8 Å². The summed E-state index contributed by atoms with van der Waals surface area (Å²) in [5.41, 5.74) is 0.113. The number of alkyl halides is 3. The second kappa shape index (κ2) is 7.72. The van der Waals surface area contributed by atoms with Gasteiger partial charge in [-0.1, -0.05) is 12.1 Å². The molecule has 0 spiro atoms. The van der Waals surface area contributed by atoms with Gasteiger partial charge in [0.1, 0.15) is 11.4 Å². The molecule has 1 aromatic carbocycles. The fourth-order valence-corrected chi connectivity index (χ4v) is 3.54. The largest absolute Gasteiger partial charge is 0.444 e. The molecule has 2 atom stereocenters. The molecule has 1 N–H and O–H groups in total. The van der Waals surface area contributed by atoms with Crippen molar-refractivity contribution in [3.05, 3.63) is 41.9 Å². The van der Waals surface area contributed by atoms with Crippen LogP contribution >= 0.6 is 0 Å². The number of benzene rings is 1. The van der Waals surface area contributed by atoms with Gasteiger partial charge in [0.25, 0.3) is 0 Å². The number of amides is 1. The number of carbonyl (C=O) groups excluding carboxylic acids is 1. The van der Waals surface area contributed by atoms with E-state index in [0.29, 0.717) is 17.8 Å². The van der Waals surface area contributed by atoms with Crippen LogP contribution in [-0.4, -0.2) is 39.1 Å². The van der Waals surface area contributed by atoms with Crippen LogP contribution in [0.5, 0.6) is 0 Å². The summed E-state index contributed by atoms with van der Waals surface area (Å²) in [6.07, 6.45) is -1.55. The third-order valence-electron chi connectivity index (χ3n) is 5.01. The quantitative estimate of drug-likeness (QED) is 0.703. The van der Waals surface area contributed by atoms with Crippen molar-refractivity contribution in [2.24, 2.45) is 0 Å². The van der Waals surface area contributed by atoms with E-state index in [1.807, 2.05) is 27.7 Å². The molecule has 3 rings (SSSR count). The van der Waals surface area contributed by atoms with E-state index in [4.69, 9.17) is 4.74 Å². The van der Waals surface area contributed by atoms with Crippen molar-refractivity contribution >= 4 is 6.09 Å². The highest BCUT2D eigenvalue weighted by atomic mass is 19.4. The maximum Gasteiger partial charge on any atom is 0.416 e. The summed E-state index contributed by atoms with van der Waals surface area (Å²) in [5, 5.41) is 0. The van der Waals surface area contributed by atoms with Crippen LogP contribution in [0, 0.1) is 0 Å². The standard InChI is InChI=1S/C21H26F3N3O2/c1-13-11-15(9-10-27(13)19(28)29-20(2,3)4)18-25-12-17(26-18)14-5-7-16(8-6-14)21(22,23)24/h5-8,12-13,15H,9-11H2,1-4H3,(H,25,26)/t13-,15-/m1/s1. The highest BCUT2D eigenvalue weighted by molar-refractivity contribution is 5.68. The summed E-state index contributed by atoms with van der Waals surface area (Å²) in [5.74, 6) is 0.933. The first-order valence-electron chi connectivity index (χ1n) is 9.66. The number of hydrogen-bond donors (Lipinski definition) is 1. The Morgan fingerprint density at radius 1 is 1.21 bits per heavy atom. The third-order valence-corrected chi connectivity index (χ3v) is 5.01. The lowest BCUT2D eigenvalue weighted by atomic mass is 9.91. The molecule has 1 amide bonds. The Hall–Kier alpha value is -2.51. The summed E-state index contributed by atoms with van der Waals surface area (Å²) in [4.78, 5) is 21.8. The molecular weight excluding hydrogens is 383 g/mol. The molecule has 8 heteroatoms. The Kier molecular flexibility index (Phi) is 5.65. The summed E-state index contributed by atoms with van der Waals surface area (Å²) in [6.45, 7) is 8.07. The van der Waals surface area contributed by atoms with Gasteiger partial charge < -0.3 is 14.6 Å². The van der Waals surface area contributed by atoms with Crippen LogP contribution in [0.4, 0.5) is 18.0 Å². The first kappa shape index (κ1) is 21.2. The van der Waals surface area contributed by atoms with Gasteiger partial charge in [-0.3, -0.25) is 0 Å². The van der Waals surface area contributed by atoms with Crippen molar-refractivity contribution in [3.63, 3.8) is 0 Å². The van der Waals surface area contributed by atoms with Gasteiger partial charge in [0.05, 0.1) is 17.5 Å². The molecule has 1 aromatic heterocycles. The zero-order valence-electron chi connectivity index (χ0n) is 17.0. The van der Waals surface area contributed by atoms with Crippen molar-refractivity contribution in [2.75, 3.05) is 6.54 Å². The molecule has 1 aliphatic rings. The lowest BCUT2D eigenvalue weighted by molar-refractivity contribution is -0.137. The van der Waals surface area contributed by atoms with E-state index in [9.17, 15) is 18.0 Å². The predicted octanol–water partition coefficient (Wildman–Crippen LogP) is 5.60. The summed E-state index contributed by atoms with van der Waals surface area (Å²) in [7, 11) is 0. The number of carbonyl (C=O) groups is 1. The van der Waals surface area contributed by atoms with Gasteiger partial charge in [0, 0.05) is 18.5 Å². The summed E-state index contributed by atoms with van der Waals surface area (Å²) < 4.78 is 43.7. The number of rotatable bonds is 2. The van der Waals surface area contributed by atoms with Crippen molar-refractivity contribution in [2.45, 2.75) is 64.3 Å². The molecule has 0 unspecified atom stereocenters. The fraction of sp³-hybridized carbons (Fsp3) is 0.524. The van der Waals surface area contributed by atoms with Crippen molar-refractivity contribution in [3.8, 4) is 11.3 Å². The average molecular weight is 409 g/mol. The number of aromatic amines is 1. The van der Waals surface area contributed by atoms with Gasteiger partial charge >= 0.3 is 12.3 Å². The maximum absolute atomic E-state index is 12.7. The zero-order valence-corrected chi connectivity index (χ0v) is 17.0. The number of nitrogens with zero attached hydrogens (tertiary/aromatic N) is 2. The molecule has 1 aliphatic heterocycles. The number of nitrogens with one attached hydrogen (secondary N) is 1. The second-order valence-corrected chi connectivity index (χ2v) is 8.50. The predicted molar refractivity (Wildman–Crippen MR) is 103 cm³/mol. The van der Waals surface area contributed by atoms with Gasteiger partial charge in [0.15, 0.2) is 0 Å². The van der Waals surface area contributed by atoms with Gasteiger partial charge in [0.2, 0.25) is 0 Å². The number of ether oxygens (including phenoxy) is 1. The molecule has 0 saturated carbocycles. The molecule has 0 aliphatic carbocycles. The molecule has 1 fully saturated rings. The molecule has 2 aromatic rings. The molecule has 0 radical (unpaired) electrons. The number of imidazole rings is 1. The van der Waals surface area contributed by atoms with Gasteiger partial charge in [-0.05, 0) is 58.2 Å². The van der Waals surface area contributed by atoms with Crippen LogP contribution in [0.25, 0.3) is 11.3 Å². The second-order valence-electron chi connectivity index (χ2n) is 8.50. The van der Waals surface area contributed by atoms with Crippen molar-refractivity contribution in [1.29, 1.82) is 0 Å².